The molecule has 2 aliphatic carbocycles. The molecule has 0 aliphatic heterocycles. The van der Waals surface area contributed by atoms with Crippen LogP contribution in [0.1, 0.15) is 66.2 Å². The van der Waals surface area contributed by atoms with Gasteiger partial charge in [0.25, 0.3) is 0 Å². The van der Waals surface area contributed by atoms with Gasteiger partial charge in [0.15, 0.2) is 0 Å². The molecule has 0 aromatic rings. The van der Waals surface area contributed by atoms with Crippen molar-refractivity contribution < 1.29 is 0 Å². The second-order valence-electron chi connectivity index (χ2n) is 7.51. The number of nitrogens with zero attached hydrogens (tertiary/aromatic N) is 1. The summed E-state index contributed by atoms with van der Waals surface area (Å²) in [5.41, 5.74) is 0.551. The molecule has 2 aliphatic rings. The van der Waals surface area contributed by atoms with E-state index in [1.54, 1.807) is 0 Å². The number of hydrogen-bond acceptors (Lipinski definition) is 2. The van der Waals surface area contributed by atoms with Gasteiger partial charge < -0.3 is 10.2 Å². The number of rotatable bonds is 7. The average Bonchev–Trinajstić information content (AvgIpc) is 3.21. The number of hydrogen-bond donors (Lipinski definition) is 1. The van der Waals surface area contributed by atoms with Crippen LogP contribution in [0.15, 0.2) is 0 Å². The molecule has 0 radical (unpaired) electrons. The van der Waals surface area contributed by atoms with Crippen LogP contribution < -0.4 is 5.32 Å². The van der Waals surface area contributed by atoms with Gasteiger partial charge in [-0.2, -0.15) is 0 Å². The Balaban J connectivity index is 1.96. The van der Waals surface area contributed by atoms with E-state index in [9.17, 15) is 0 Å². The van der Waals surface area contributed by atoms with Crippen LogP contribution in [0.25, 0.3) is 0 Å². The van der Waals surface area contributed by atoms with Crippen molar-refractivity contribution in [1.82, 2.24) is 10.2 Å². The van der Waals surface area contributed by atoms with Gasteiger partial charge >= 0.3 is 0 Å². The van der Waals surface area contributed by atoms with E-state index in [-0.39, 0.29) is 0 Å². The molecule has 2 fully saturated rings. The molecule has 0 saturated heterocycles. The summed E-state index contributed by atoms with van der Waals surface area (Å²) in [5, 5.41) is 3.73. The van der Waals surface area contributed by atoms with Crippen LogP contribution in [0.4, 0.5) is 0 Å². The molecule has 1 N–H and O–H groups in total. The minimum Gasteiger partial charge on any atom is -0.314 e. The van der Waals surface area contributed by atoms with Gasteiger partial charge in [0.2, 0.25) is 0 Å². The zero-order valence-corrected chi connectivity index (χ0v) is 13.5. The lowest BCUT2D eigenvalue weighted by Crippen LogP contribution is -2.48. The molecule has 0 heterocycles. The molecule has 2 nitrogen and oxygen atoms in total. The predicted octanol–water partition coefficient (Wildman–Crippen LogP) is 3.67. The van der Waals surface area contributed by atoms with E-state index in [0.717, 1.165) is 12.0 Å². The van der Waals surface area contributed by atoms with E-state index < -0.39 is 0 Å². The maximum atomic E-state index is 3.73. The van der Waals surface area contributed by atoms with Crippen LogP contribution in [-0.2, 0) is 0 Å². The Hall–Kier alpha value is -0.0800. The SMILES string of the molecule is CCN(CC1(CNC(C)C)CCC(C)CC1)C1CC1. The van der Waals surface area contributed by atoms with Gasteiger partial charge in [-0.1, -0.05) is 40.5 Å². The molecular weight excluding hydrogens is 232 g/mol. The molecule has 0 spiro atoms. The van der Waals surface area contributed by atoms with Gasteiger partial charge in [-0.3, -0.25) is 0 Å². The minimum atomic E-state index is 0.551. The predicted molar refractivity (Wildman–Crippen MR) is 83.5 cm³/mol. The average molecular weight is 266 g/mol. The van der Waals surface area contributed by atoms with Crippen molar-refractivity contribution in [3.63, 3.8) is 0 Å². The van der Waals surface area contributed by atoms with Crippen molar-refractivity contribution in [2.45, 2.75) is 78.3 Å². The fourth-order valence-electron chi connectivity index (χ4n) is 3.56. The maximum absolute atomic E-state index is 3.73. The summed E-state index contributed by atoms with van der Waals surface area (Å²) in [4.78, 5) is 2.76. The summed E-state index contributed by atoms with van der Waals surface area (Å²) in [6.07, 6.45) is 8.61. The van der Waals surface area contributed by atoms with Gasteiger partial charge in [-0.05, 0) is 43.6 Å². The molecule has 2 saturated carbocycles. The first kappa shape index (κ1) is 15.3. The molecule has 0 unspecified atom stereocenters. The van der Waals surface area contributed by atoms with Gasteiger partial charge in [0, 0.05) is 25.2 Å². The smallest absolute Gasteiger partial charge is 0.00965 e. The Labute approximate surface area is 120 Å². The standard InChI is InChI=1S/C17H34N2/c1-5-19(16-6-7-16)13-17(12-18-14(2)3)10-8-15(4)9-11-17/h14-16,18H,5-13H2,1-4H3. The minimum absolute atomic E-state index is 0.551. The molecule has 19 heavy (non-hydrogen) atoms. The Morgan fingerprint density at radius 2 is 1.79 bits per heavy atom. The molecule has 2 heteroatoms. The Morgan fingerprint density at radius 1 is 1.16 bits per heavy atom. The first-order valence-corrected chi connectivity index (χ1v) is 8.52. The van der Waals surface area contributed by atoms with Crippen molar-refractivity contribution in [2.75, 3.05) is 19.6 Å². The zero-order valence-electron chi connectivity index (χ0n) is 13.5. The molecule has 0 atom stereocenters. The van der Waals surface area contributed by atoms with Crippen LogP contribution in [0.3, 0.4) is 0 Å². The highest BCUT2D eigenvalue weighted by molar-refractivity contribution is 4.93. The highest BCUT2D eigenvalue weighted by Crippen LogP contribution is 2.41. The van der Waals surface area contributed by atoms with Crippen molar-refractivity contribution >= 4 is 0 Å². The summed E-state index contributed by atoms with van der Waals surface area (Å²) in [6, 6.07) is 1.53. The lowest BCUT2D eigenvalue weighted by molar-refractivity contribution is 0.0830. The molecule has 0 bridgehead atoms. The van der Waals surface area contributed by atoms with E-state index in [2.05, 4.69) is 37.9 Å². The van der Waals surface area contributed by atoms with Crippen LogP contribution in [0.2, 0.25) is 0 Å². The van der Waals surface area contributed by atoms with Crippen LogP contribution in [0, 0.1) is 11.3 Å². The fraction of sp³-hybridized carbons (Fsp3) is 1.00. The lowest BCUT2D eigenvalue weighted by atomic mass is 9.70. The molecule has 2 rings (SSSR count). The van der Waals surface area contributed by atoms with Gasteiger partial charge in [-0.15, -0.1) is 0 Å². The van der Waals surface area contributed by atoms with Gasteiger partial charge in [0.05, 0.1) is 0 Å². The highest BCUT2D eigenvalue weighted by atomic mass is 15.2. The highest BCUT2D eigenvalue weighted by Gasteiger charge is 2.38. The monoisotopic (exact) mass is 266 g/mol. The number of nitrogens with one attached hydrogen (secondary N) is 1. The van der Waals surface area contributed by atoms with E-state index in [1.807, 2.05) is 0 Å². The topological polar surface area (TPSA) is 15.3 Å². The molecule has 0 aromatic heterocycles. The quantitative estimate of drug-likeness (QED) is 0.756. The normalized spacial score (nSPS) is 32.2. The molecule has 112 valence electrons. The lowest BCUT2D eigenvalue weighted by Gasteiger charge is -2.43. The van der Waals surface area contributed by atoms with E-state index in [0.29, 0.717) is 11.5 Å². The Kier molecular flexibility index (Phi) is 5.30. The van der Waals surface area contributed by atoms with E-state index in [4.69, 9.17) is 0 Å². The third kappa shape index (κ3) is 4.46. The summed E-state index contributed by atoms with van der Waals surface area (Å²) >= 11 is 0. The van der Waals surface area contributed by atoms with Crippen LogP contribution in [-0.4, -0.2) is 36.6 Å². The first-order chi connectivity index (χ1) is 9.04. The van der Waals surface area contributed by atoms with Crippen molar-refractivity contribution in [3.8, 4) is 0 Å². The third-order valence-corrected chi connectivity index (χ3v) is 5.23. The van der Waals surface area contributed by atoms with E-state index >= 15 is 0 Å². The first-order valence-electron chi connectivity index (χ1n) is 8.52. The second-order valence-corrected chi connectivity index (χ2v) is 7.51. The van der Waals surface area contributed by atoms with Crippen molar-refractivity contribution in [3.05, 3.63) is 0 Å². The van der Waals surface area contributed by atoms with E-state index in [1.165, 1.54) is 58.2 Å². The van der Waals surface area contributed by atoms with Gasteiger partial charge in [-0.25, -0.2) is 0 Å². The van der Waals surface area contributed by atoms with Crippen LogP contribution in [0.5, 0.6) is 0 Å². The summed E-state index contributed by atoms with van der Waals surface area (Å²) in [6.45, 7) is 13.1. The maximum Gasteiger partial charge on any atom is 0.00965 e. The van der Waals surface area contributed by atoms with Crippen molar-refractivity contribution in [1.29, 1.82) is 0 Å². The molecule has 0 aromatic carbocycles. The molecule has 0 amide bonds. The third-order valence-electron chi connectivity index (χ3n) is 5.23. The Bertz CT molecular complexity index is 262. The summed E-state index contributed by atoms with van der Waals surface area (Å²) in [7, 11) is 0. The van der Waals surface area contributed by atoms with Gasteiger partial charge in [0.1, 0.15) is 0 Å². The van der Waals surface area contributed by atoms with Crippen molar-refractivity contribution in [2.24, 2.45) is 11.3 Å². The Morgan fingerprint density at radius 3 is 2.26 bits per heavy atom. The zero-order chi connectivity index (χ0) is 13.9. The summed E-state index contributed by atoms with van der Waals surface area (Å²) in [5.74, 6) is 0.947. The fourth-order valence-corrected chi connectivity index (χ4v) is 3.56. The second kappa shape index (κ2) is 6.58. The summed E-state index contributed by atoms with van der Waals surface area (Å²) < 4.78 is 0. The largest absolute Gasteiger partial charge is 0.314 e. The van der Waals surface area contributed by atoms with Crippen LogP contribution >= 0.6 is 0 Å². The molecular formula is C17H34N2.